The lowest BCUT2D eigenvalue weighted by molar-refractivity contribution is 0.0673. The number of amides is 1. The van der Waals surface area contributed by atoms with Crippen LogP contribution >= 0.6 is 11.6 Å². The summed E-state index contributed by atoms with van der Waals surface area (Å²) in [6.07, 6.45) is 4.67. The Morgan fingerprint density at radius 1 is 1.44 bits per heavy atom. The van der Waals surface area contributed by atoms with E-state index in [1.807, 2.05) is 40.9 Å². The third-order valence-electron chi connectivity index (χ3n) is 4.79. The largest absolute Gasteiger partial charge is 0.338 e. The van der Waals surface area contributed by atoms with Gasteiger partial charge >= 0.3 is 0 Å². The summed E-state index contributed by atoms with van der Waals surface area (Å²) in [6, 6.07) is 7.55. The number of nitrogens with zero attached hydrogens (tertiary/aromatic N) is 3. The zero-order valence-electron chi connectivity index (χ0n) is 14.8. The average molecular weight is 361 g/mol. The number of likely N-dealkylation sites (tertiary alicyclic amines) is 1. The first-order valence-corrected chi connectivity index (χ1v) is 9.28. The molecule has 1 amide bonds. The summed E-state index contributed by atoms with van der Waals surface area (Å²) in [6.45, 7) is 4.64. The third kappa shape index (κ3) is 3.88. The number of carbonyl (C=O) groups excluding carboxylic acids is 1. The van der Waals surface area contributed by atoms with E-state index in [1.165, 1.54) is 6.42 Å². The van der Waals surface area contributed by atoms with Gasteiger partial charge in [0.05, 0.1) is 23.1 Å². The van der Waals surface area contributed by atoms with Gasteiger partial charge in [0, 0.05) is 18.1 Å². The van der Waals surface area contributed by atoms with Crippen LogP contribution in [0, 0.1) is 5.92 Å². The minimum atomic E-state index is 0.0888. The Morgan fingerprint density at radius 2 is 2.28 bits per heavy atom. The van der Waals surface area contributed by atoms with Crippen LogP contribution in [0.15, 0.2) is 30.5 Å². The minimum Gasteiger partial charge on any atom is -0.338 e. The van der Waals surface area contributed by atoms with Crippen molar-refractivity contribution in [1.29, 1.82) is 0 Å². The van der Waals surface area contributed by atoms with Crippen LogP contribution in [0.3, 0.4) is 0 Å². The molecule has 5 nitrogen and oxygen atoms in total. The molecule has 1 aliphatic rings. The Bertz CT molecular complexity index is 741. The van der Waals surface area contributed by atoms with Crippen molar-refractivity contribution in [3.05, 3.63) is 46.7 Å². The van der Waals surface area contributed by atoms with Crippen molar-refractivity contribution in [1.82, 2.24) is 20.0 Å². The summed E-state index contributed by atoms with van der Waals surface area (Å²) in [7, 11) is 1.96. The van der Waals surface area contributed by atoms with Crippen LogP contribution in [-0.4, -0.2) is 47.3 Å². The fourth-order valence-corrected chi connectivity index (χ4v) is 3.78. The van der Waals surface area contributed by atoms with E-state index in [4.69, 9.17) is 11.6 Å². The molecule has 0 spiro atoms. The molecule has 1 aliphatic heterocycles. The van der Waals surface area contributed by atoms with Gasteiger partial charge in [0.2, 0.25) is 0 Å². The Balaban J connectivity index is 1.86. The van der Waals surface area contributed by atoms with Gasteiger partial charge in [0.25, 0.3) is 5.91 Å². The fourth-order valence-electron chi connectivity index (χ4n) is 3.60. The molecule has 0 bridgehead atoms. The molecule has 0 aliphatic carbocycles. The molecule has 3 rings (SSSR count). The van der Waals surface area contributed by atoms with E-state index < -0.39 is 0 Å². The summed E-state index contributed by atoms with van der Waals surface area (Å²) >= 11 is 6.10. The number of hydrogen-bond acceptors (Lipinski definition) is 3. The predicted octanol–water partition coefficient (Wildman–Crippen LogP) is 3.16. The van der Waals surface area contributed by atoms with Gasteiger partial charge in [-0.25, -0.2) is 4.68 Å². The SMILES string of the molecule is CCc1c(C(=O)N2CCCC(CNC)C2)cnn1-c1cccc(Cl)c1. The summed E-state index contributed by atoms with van der Waals surface area (Å²) in [5.41, 5.74) is 2.52. The highest BCUT2D eigenvalue weighted by Gasteiger charge is 2.27. The second-order valence-electron chi connectivity index (χ2n) is 6.57. The van der Waals surface area contributed by atoms with Crippen molar-refractivity contribution in [2.45, 2.75) is 26.2 Å². The molecule has 1 atom stereocenters. The molecule has 134 valence electrons. The van der Waals surface area contributed by atoms with Gasteiger partial charge in [-0.05, 0) is 57.0 Å². The number of benzene rings is 1. The Hall–Kier alpha value is -1.85. The van der Waals surface area contributed by atoms with Gasteiger partial charge in [-0.15, -0.1) is 0 Å². The van der Waals surface area contributed by atoms with Crippen molar-refractivity contribution in [3.63, 3.8) is 0 Å². The van der Waals surface area contributed by atoms with Crippen LogP contribution < -0.4 is 5.32 Å². The minimum absolute atomic E-state index is 0.0888. The number of rotatable bonds is 5. The van der Waals surface area contributed by atoms with Gasteiger partial charge in [-0.2, -0.15) is 5.10 Å². The van der Waals surface area contributed by atoms with Crippen LogP contribution in [0.25, 0.3) is 5.69 Å². The first-order valence-electron chi connectivity index (χ1n) is 8.90. The van der Waals surface area contributed by atoms with E-state index >= 15 is 0 Å². The molecular weight excluding hydrogens is 336 g/mol. The normalized spacial score (nSPS) is 17.7. The molecule has 2 heterocycles. The van der Waals surface area contributed by atoms with E-state index in [9.17, 15) is 4.79 Å². The lowest BCUT2D eigenvalue weighted by Crippen LogP contribution is -2.42. The number of piperidine rings is 1. The smallest absolute Gasteiger partial charge is 0.257 e. The first-order chi connectivity index (χ1) is 12.1. The van der Waals surface area contributed by atoms with Crippen molar-refractivity contribution in [2.75, 3.05) is 26.7 Å². The maximum atomic E-state index is 13.1. The molecular formula is C19H25ClN4O. The van der Waals surface area contributed by atoms with Crippen molar-refractivity contribution >= 4 is 17.5 Å². The molecule has 6 heteroatoms. The van der Waals surface area contributed by atoms with E-state index in [1.54, 1.807) is 6.20 Å². The highest BCUT2D eigenvalue weighted by molar-refractivity contribution is 6.30. The molecule has 1 aromatic carbocycles. The maximum Gasteiger partial charge on any atom is 0.257 e. The standard InChI is InChI=1S/C19H25ClN4O/c1-3-18-17(12-22-24(18)16-8-4-7-15(20)10-16)19(25)23-9-5-6-14(13-23)11-21-2/h4,7-8,10,12,14,21H,3,5-6,9,11,13H2,1-2H3. The van der Waals surface area contributed by atoms with E-state index in [2.05, 4.69) is 17.3 Å². The molecule has 2 aromatic rings. The molecule has 0 saturated carbocycles. The zero-order chi connectivity index (χ0) is 17.8. The third-order valence-corrected chi connectivity index (χ3v) is 5.02. The fraction of sp³-hybridized carbons (Fsp3) is 0.474. The average Bonchev–Trinajstić information content (AvgIpc) is 3.05. The van der Waals surface area contributed by atoms with Crippen LogP contribution in [0.1, 0.15) is 35.8 Å². The number of halogens is 1. The molecule has 1 unspecified atom stereocenters. The second-order valence-corrected chi connectivity index (χ2v) is 7.00. The number of aromatic nitrogens is 2. The van der Waals surface area contributed by atoms with E-state index in [0.717, 1.165) is 43.9 Å². The van der Waals surface area contributed by atoms with Crippen LogP contribution in [-0.2, 0) is 6.42 Å². The van der Waals surface area contributed by atoms with Crippen molar-refractivity contribution in [2.24, 2.45) is 5.92 Å². The summed E-state index contributed by atoms with van der Waals surface area (Å²) in [5.74, 6) is 0.613. The van der Waals surface area contributed by atoms with Crippen LogP contribution in [0.2, 0.25) is 5.02 Å². The van der Waals surface area contributed by atoms with E-state index in [-0.39, 0.29) is 5.91 Å². The highest BCUT2D eigenvalue weighted by atomic mass is 35.5. The maximum absolute atomic E-state index is 13.1. The quantitative estimate of drug-likeness (QED) is 0.891. The molecule has 1 N–H and O–H groups in total. The summed E-state index contributed by atoms with van der Waals surface area (Å²) < 4.78 is 1.83. The molecule has 0 radical (unpaired) electrons. The van der Waals surface area contributed by atoms with Crippen molar-refractivity contribution in [3.8, 4) is 5.69 Å². The van der Waals surface area contributed by atoms with E-state index in [0.29, 0.717) is 16.5 Å². The molecule has 1 saturated heterocycles. The molecule has 1 aromatic heterocycles. The van der Waals surface area contributed by atoms with Gasteiger partial charge < -0.3 is 10.2 Å². The molecule has 25 heavy (non-hydrogen) atoms. The van der Waals surface area contributed by atoms with Crippen LogP contribution in [0.4, 0.5) is 0 Å². The van der Waals surface area contributed by atoms with Gasteiger partial charge in [-0.3, -0.25) is 4.79 Å². The second kappa shape index (κ2) is 8.02. The Kier molecular flexibility index (Phi) is 5.76. The first kappa shape index (κ1) is 18.0. The lowest BCUT2D eigenvalue weighted by atomic mass is 9.97. The Morgan fingerprint density at radius 3 is 3.00 bits per heavy atom. The summed E-state index contributed by atoms with van der Waals surface area (Å²) in [4.78, 5) is 15.0. The lowest BCUT2D eigenvalue weighted by Gasteiger charge is -2.32. The van der Waals surface area contributed by atoms with Crippen LogP contribution in [0.5, 0.6) is 0 Å². The van der Waals surface area contributed by atoms with Gasteiger partial charge in [0.15, 0.2) is 0 Å². The number of carbonyl (C=O) groups is 1. The summed E-state index contributed by atoms with van der Waals surface area (Å²) in [5, 5.41) is 8.35. The highest BCUT2D eigenvalue weighted by Crippen LogP contribution is 2.23. The Labute approximate surface area is 154 Å². The number of nitrogens with one attached hydrogen (secondary N) is 1. The monoisotopic (exact) mass is 360 g/mol. The van der Waals surface area contributed by atoms with Gasteiger partial charge in [0.1, 0.15) is 0 Å². The topological polar surface area (TPSA) is 50.2 Å². The molecule has 1 fully saturated rings. The zero-order valence-corrected chi connectivity index (χ0v) is 15.6. The number of hydrogen-bond donors (Lipinski definition) is 1. The van der Waals surface area contributed by atoms with Gasteiger partial charge in [-0.1, -0.05) is 24.6 Å². The predicted molar refractivity (Wildman–Crippen MR) is 101 cm³/mol. The van der Waals surface area contributed by atoms with Crippen molar-refractivity contribution < 1.29 is 4.79 Å².